The van der Waals surface area contributed by atoms with Crippen LogP contribution in [0.5, 0.6) is 0 Å². The molecule has 0 amide bonds. The molecule has 0 spiro atoms. The van der Waals surface area contributed by atoms with E-state index >= 15 is 0 Å². The maximum absolute atomic E-state index is 13.1. The predicted molar refractivity (Wildman–Crippen MR) is 101 cm³/mol. The third-order valence-electron chi connectivity index (χ3n) is 4.66. The van der Waals surface area contributed by atoms with Gasteiger partial charge in [0.1, 0.15) is 0 Å². The number of fused-ring (bicyclic) bond motifs is 1. The fourth-order valence-corrected chi connectivity index (χ4v) is 3.47. The van der Waals surface area contributed by atoms with Gasteiger partial charge in [-0.3, -0.25) is 4.79 Å². The Morgan fingerprint density at radius 3 is 2.28 bits per heavy atom. The largest absolute Gasteiger partial charge is 0.317 e. The van der Waals surface area contributed by atoms with Crippen LogP contribution in [0.1, 0.15) is 17.0 Å². The summed E-state index contributed by atoms with van der Waals surface area (Å²) in [7, 11) is 0. The normalized spacial score (nSPS) is 11.2. The average Bonchev–Trinajstić information content (AvgIpc) is 2.87. The van der Waals surface area contributed by atoms with Gasteiger partial charge in [0.25, 0.3) is 5.56 Å². The van der Waals surface area contributed by atoms with Crippen LogP contribution < -0.4 is 5.56 Å². The maximum atomic E-state index is 13.1. The topological polar surface area (TPSA) is 39.8 Å². The molecule has 0 saturated carbocycles. The van der Waals surface area contributed by atoms with Crippen LogP contribution in [0.15, 0.2) is 65.6 Å². The van der Waals surface area contributed by atoms with Gasteiger partial charge in [0.15, 0.2) is 0 Å². The van der Waals surface area contributed by atoms with E-state index in [9.17, 15) is 4.79 Å². The second-order valence-corrected chi connectivity index (χ2v) is 6.33. The molecular weight excluding hydrogens is 310 g/mol. The van der Waals surface area contributed by atoms with Crippen molar-refractivity contribution in [3.05, 3.63) is 88.1 Å². The van der Waals surface area contributed by atoms with E-state index < -0.39 is 0 Å². The molecule has 4 aromatic rings. The van der Waals surface area contributed by atoms with E-state index in [4.69, 9.17) is 0 Å². The van der Waals surface area contributed by atoms with Crippen LogP contribution in [0.3, 0.4) is 0 Å². The number of para-hydroxylation sites is 1. The summed E-state index contributed by atoms with van der Waals surface area (Å²) >= 11 is 0. The van der Waals surface area contributed by atoms with Gasteiger partial charge in [0.2, 0.25) is 0 Å². The summed E-state index contributed by atoms with van der Waals surface area (Å²) in [6.07, 6.45) is 1.79. The molecule has 2 heterocycles. The van der Waals surface area contributed by atoms with Gasteiger partial charge >= 0.3 is 0 Å². The van der Waals surface area contributed by atoms with Gasteiger partial charge in [-0.05, 0) is 50.6 Å². The Balaban J connectivity index is 2.03. The minimum atomic E-state index is -0.0848. The van der Waals surface area contributed by atoms with Crippen molar-refractivity contribution in [2.45, 2.75) is 20.8 Å². The Morgan fingerprint density at radius 1 is 0.840 bits per heavy atom. The SMILES string of the molecule is Cc1cccc(-n2ncc3c(C)n(-c4ccccc4)c(C)c3c2=O)c1. The molecule has 0 radical (unpaired) electrons. The molecule has 0 aliphatic rings. The molecule has 25 heavy (non-hydrogen) atoms. The number of nitrogens with zero attached hydrogens (tertiary/aromatic N) is 3. The first-order valence-electron chi connectivity index (χ1n) is 8.30. The van der Waals surface area contributed by atoms with Gasteiger partial charge in [-0.1, -0.05) is 30.3 Å². The van der Waals surface area contributed by atoms with Gasteiger partial charge in [-0.2, -0.15) is 9.78 Å². The summed E-state index contributed by atoms with van der Waals surface area (Å²) in [6.45, 7) is 6.03. The van der Waals surface area contributed by atoms with E-state index in [0.717, 1.165) is 39.1 Å². The van der Waals surface area contributed by atoms with Crippen molar-refractivity contribution in [2.24, 2.45) is 0 Å². The van der Waals surface area contributed by atoms with Crippen molar-refractivity contribution in [1.82, 2.24) is 14.3 Å². The van der Waals surface area contributed by atoms with Gasteiger partial charge < -0.3 is 4.57 Å². The van der Waals surface area contributed by atoms with Crippen LogP contribution in [0.2, 0.25) is 0 Å². The van der Waals surface area contributed by atoms with Crippen molar-refractivity contribution >= 4 is 10.8 Å². The Labute approximate surface area is 146 Å². The Kier molecular flexibility index (Phi) is 3.53. The first-order chi connectivity index (χ1) is 12.1. The molecule has 2 aromatic heterocycles. The highest BCUT2D eigenvalue weighted by Crippen LogP contribution is 2.26. The molecule has 0 saturated heterocycles. The average molecular weight is 329 g/mol. The van der Waals surface area contributed by atoms with Crippen molar-refractivity contribution in [1.29, 1.82) is 0 Å². The molecular formula is C21H19N3O. The summed E-state index contributed by atoms with van der Waals surface area (Å²) in [5.74, 6) is 0. The molecule has 0 unspecified atom stereocenters. The highest BCUT2D eigenvalue weighted by Gasteiger charge is 2.17. The van der Waals surface area contributed by atoms with Crippen molar-refractivity contribution in [3.8, 4) is 11.4 Å². The molecule has 0 aliphatic heterocycles. The van der Waals surface area contributed by atoms with Crippen molar-refractivity contribution in [2.75, 3.05) is 0 Å². The lowest BCUT2D eigenvalue weighted by Gasteiger charge is -2.08. The number of aryl methyl sites for hydroxylation is 3. The van der Waals surface area contributed by atoms with E-state index in [1.165, 1.54) is 4.68 Å². The van der Waals surface area contributed by atoms with Crippen molar-refractivity contribution < 1.29 is 0 Å². The number of benzene rings is 2. The number of aromatic nitrogens is 3. The fourth-order valence-electron chi connectivity index (χ4n) is 3.47. The van der Waals surface area contributed by atoms with Crippen LogP contribution in [-0.2, 0) is 0 Å². The molecule has 4 rings (SSSR count). The second kappa shape index (κ2) is 5.74. The lowest BCUT2D eigenvalue weighted by Crippen LogP contribution is -2.21. The van der Waals surface area contributed by atoms with Crippen LogP contribution in [-0.4, -0.2) is 14.3 Å². The summed E-state index contributed by atoms with van der Waals surface area (Å²) in [5.41, 5.74) is 4.82. The number of hydrogen-bond acceptors (Lipinski definition) is 2. The molecule has 0 aliphatic carbocycles. The quantitative estimate of drug-likeness (QED) is 0.555. The molecule has 4 nitrogen and oxygen atoms in total. The first kappa shape index (κ1) is 15.4. The van der Waals surface area contributed by atoms with Crippen molar-refractivity contribution in [3.63, 3.8) is 0 Å². The van der Waals surface area contributed by atoms with E-state index in [2.05, 4.69) is 9.67 Å². The zero-order valence-electron chi connectivity index (χ0n) is 14.5. The monoisotopic (exact) mass is 329 g/mol. The Bertz CT molecular complexity index is 1140. The minimum absolute atomic E-state index is 0.0848. The maximum Gasteiger partial charge on any atom is 0.281 e. The lowest BCUT2D eigenvalue weighted by atomic mass is 10.2. The summed E-state index contributed by atoms with van der Waals surface area (Å²) < 4.78 is 3.60. The molecule has 124 valence electrons. The predicted octanol–water partition coefficient (Wildman–Crippen LogP) is 4.10. The van der Waals surface area contributed by atoms with Crippen LogP contribution in [0.25, 0.3) is 22.1 Å². The number of rotatable bonds is 2. The first-order valence-corrected chi connectivity index (χ1v) is 8.30. The Hall–Kier alpha value is -3.14. The smallest absolute Gasteiger partial charge is 0.281 e. The molecule has 0 bridgehead atoms. The zero-order chi connectivity index (χ0) is 17.6. The highest BCUT2D eigenvalue weighted by molar-refractivity contribution is 5.88. The minimum Gasteiger partial charge on any atom is -0.317 e. The van der Waals surface area contributed by atoms with E-state index in [-0.39, 0.29) is 5.56 Å². The molecule has 0 atom stereocenters. The highest BCUT2D eigenvalue weighted by atomic mass is 16.1. The molecule has 4 heteroatoms. The third-order valence-corrected chi connectivity index (χ3v) is 4.66. The zero-order valence-corrected chi connectivity index (χ0v) is 14.5. The van der Waals surface area contributed by atoms with Gasteiger partial charge in [0.05, 0.1) is 17.3 Å². The fraction of sp³-hybridized carbons (Fsp3) is 0.143. The standard InChI is InChI=1S/C21H19N3O/c1-14-8-7-11-18(12-14)24-21(25)20-16(3)23(15(2)19(20)13-22-24)17-9-5-4-6-10-17/h4-13H,1-3H3. The Morgan fingerprint density at radius 2 is 1.56 bits per heavy atom. The molecule has 2 aromatic carbocycles. The van der Waals surface area contributed by atoms with Gasteiger partial charge in [-0.15, -0.1) is 0 Å². The lowest BCUT2D eigenvalue weighted by molar-refractivity contribution is 0.820. The van der Waals surface area contributed by atoms with Gasteiger partial charge in [0, 0.05) is 22.5 Å². The molecule has 0 fully saturated rings. The van der Waals surface area contributed by atoms with Crippen LogP contribution in [0, 0.1) is 20.8 Å². The second-order valence-electron chi connectivity index (χ2n) is 6.33. The number of hydrogen-bond donors (Lipinski definition) is 0. The summed E-state index contributed by atoms with van der Waals surface area (Å²) in [4.78, 5) is 13.1. The summed E-state index contributed by atoms with van der Waals surface area (Å²) in [5, 5.41) is 6.04. The molecule has 0 N–H and O–H groups in total. The van der Waals surface area contributed by atoms with Crippen LogP contribution >= 0.6 is 0 Å². The van der Waals surface area contributed by atoms with E-state index in [0.29, 0.717) is 0 Å². The van der Waals surface area contributed by atoms with E-state index in [1.54, 1.807) is 6.20 Å². The van der Waals surface area contributed by atoms with Gasteiger partial charge in [-0.25, -0.2) is 0 Å². The van der Waals surface area contributed by atoms with E-state index in [1.807, 2.05) is 75.4 Å². The third kappa shape index (κ3) is 2.38. The van der Waals surface area contributed by atoms with Crippen LogP contribution in [0.4, 0.5) is 0 Å². The summed E-state index contributed by atoms with van der Waals surface area (Å²) in [6, 6.07) is 17.9.